The van der Waals surface area contributed by atoms with E-state index in [0.29, 0.717) is 5.25 Å². The minimum absolute atomic E-state index is 0.694. The van der Waals surface area contributed by atoms with Crippen molar-refractivity contribution < 1.29 is 0 Å². The van der Waals surface area contributed by atoms with Gasteiger partial charge in [0.05, 0.1) is 5.01 Å². The first-order valence-corrected chi connectivity index (χ1v) is 8.08. The van der Waals surface area contributed by atoms with Gasteiger partial charge in [0.15, 0.2) is 0 Å². The Kier molecular flexibility index (Phi) is 4.67. The second-order valence-corrected chi connectivity index (χ2v) is 6.89. The Morgan fingerprint density at radius 1 is 1.62 bits per heavy atom. The fourth-order valence-electron chi connectivity index (χ4n) is 1.73. The lowest BCUT2D eigenvalue weighted by Crippen LogP contribution is -2.21. The highest BCUT2D eigenvalue weighted by molar-refractivity contribution is 7.99. The third-order valence-corrected chi connectivity index (χ3v) is 5.29. The molecule has 1 heterocycles. The lowest BCUT2D eigenvalue weighted by Gasteiger charge is -2.22. The van der Waals surface area contributed by atoms with Crippen LogP contribution in [-0.4, -0.2) is 23.0 Å². The SMILES string of the molecule is CSC(C)CNCc1cnc(C2CCC2)s1. The van der Waals surface area contributed by atoms with E-state index in [1.807, 2.05) is 23.1 Å². The molecule has 2 rings (SSSR count). The van der Waals surface area contributed by atoms with Crippen molar-refractivity contribution in [1.29, 1.82) is 0 Å². The van der Waals surface area contributed by atoms with Gasteiger partial charge in [-0.2, -0.15) is 11.8 Å². The summed E-state index contributed by atoms with van der Waals surface area (Å²) in [5, 5.41) is 5.55. The highest BCUT2D eigenvalue weighted by atomic mass is 32.2. The van der Waals surface area contributed by atoms with Crippen LogP contribution in [0.1, 0.15) is 42.0 Å². The number of thioether (sulfide) groups is 1. The van der Waals surface area contributed by atoms with Gasteiger partial charge < -0.3 is 5.32 Å². The molecule has 90 valence electrons. The smallest absolute Gasteiger partial charge is 0.0959 e. The maximum Gasteiger partial charge on any atom is 0.0959 e. The van der Waals surface area contributed by atoms with E-state index in [0.717, 1.165) is 19.0 Å². The van der Waals surface area contributed by atoms with Gasteiger partial charge in [-0.05, 0) is 19.1 Å². The molecule has 1 aliphatic rings. The Bertz CT molecular complexity index is 321. The molecule has 0 aliphatic heterocycles. The number of aromatic nitrogens is 1. The summed E-state index contributed by atoms with van der Waals surface area (Å²) in [6, 6.07) is 0. The third kappa shape index (κ3) is 3.22. The normalized spacial score (nSPS) is 18.4. The van der Waals surface area contributed by atoms with Gasteiger partial charge in [-0.1, -0.05) is 13.3 Å². The number of rotatable bonds is 6. The van der Waals surface area contributed by atoms with Crippen LogP contribution in [0.5, 0.6) is 0 Å². The van der Waals surface area contributed by atoms with Crippen LogP contribution in [0.2, 0.25) is 0 Å². The first kappa shape index (κ1) is 12.4. The summed E-state index contributed by atoms with van der Waals surface area (Å²) in [5.41, 5.74) is 0. The number of nitrogens with zero attached hydrogens (tertiary/aromatic N) is 1. The van der Waals surface area contributed by atoms with E-state index in [-0.39, 0.29) is 0 Å². The Labute approximate surface area is 106 Å². The van der Waals surface area contributed by atoms with Crippen LogP contribution in [0.3, 0.4) is 0 Å². The van der Waals surface area contributed by atoms with Crippen molar-refractivity contribution in [3.05, 3.63) is 16.1 Å². The van der Waals surface area contributed by atoms with Gasteiger partial charge in [0, 0.05) is 35.3 Å². The van der Waals surface area contributed by atoms with Gasteiger partial charge in [-0.15, -0.1) is 11.3 Å². The number of thiazole rings is 1. The largest absolute Gasteiger partial charge is 0.311 e. The average molecular weight is 256 g/mol. The Morgan fingerprint density at radius 2 is 2.44 bits per heavy atom. The topological polar surface area (TPSA) is 24.9 Å². The van der Waals surface area contributed by atoms with E-state index in [9.17, 15) is 0 Å². The molecule has 1 aromatic heterocycles. The molecule has 1 unspecified atom stereocenters. The van der Waals surface area contributed by atoms with Crippen molar-refractivity contribution >= 4 is 23.1 Å². The maximum atomic E-state index is 4.53. The van der Waals surface area contributed by atoms with E-state index in [1.54, 1.807) is 0 Å². The molecule has 2 nitrogen and oxygen atoms in total. The third-order valence-electron chi connectivity index (χ3n) is 3.16. The second-order valence-electron chi connectivity index (χ2n) is 4.47. The van der Waals surface area contributed by atoms with Crippen LogP contribution in [0.15, 0.2) is 6.20 Å². The molecule has 16 heavy (non-hydrogen) atoms. The van der Waals surface area contributed by atoms with Crippen LogP contribution >= 0.6 is 23.1 Å². The molecule has 1 N–H and O–H groups in total. The molecule has 0 amide bonds. The zero-order valence-corrected chi connectivity index (χ0v) is 11.7. The van der Waals surface area contributed by atoms with Gasteiger partial charge in [-0.25, -0.2) is 4.98 Å². The van der Waals surface area contributed by atoms with Crippen LogP contribution < -0.4 is 5.32 Å². The fourth-order valence-corrected chi connectivity index (χ4v) is 3.07. The molecule has 1 fully saturated rings. The van der Waals surface area contributed by atoms with Gasteiger partial charge >= 0.3 is 0 Å². The van der Waals surface area contributed by atoms with E-state index in [1.165, 1.54) is 29.1 Å². The quantitative estimate of drug-likeness (QED) is 0.845. The highest BCUT2D eigenvalue weighted by Crippen LogP contribution is 2.38. The molecule has 0 aromatic carbocycles. The van der Waals surface area contributed by atoms with Crippen molar-refractivity contribution in [3.63, 3.8) is 0 Å². The lowest BCUT2D eigenvalue weighted by molar-refractivity contribution is 0.418. The monoisotopic (exact) mass is 256 g/mol. The molecular weight excluding hydrogens is 236 g/mol. The van der Waals surface area contributed by atoms with Crippen LogP contribution in [0, 0.1) is 0 Å². The van der Waals surface area contributed by atoms with Crippen molar-refractivity contribution in [2.75, 3.05) is 12.8 Å². The predicted molar refractivity (Wildman–Crippen MR) is 73.4 cm³/mol. The summed E-state index contributed by atoms with van der Waals surface area (Å²) in [7, 11) is 0. The van der Waals surface area contributed by atoms with Crippen molar-refractivity contribution in [2.24, 2.45) is 0 Å². The van der Waals surface area contributed by atoms with Gasteiger partial charge in [-0.3, -0.25) is 0 Å². The van der Waals surface area contributed by atoms with E-state index < -0.39 is 0 Å². The lowest BCUT2D eigenvalue weighted by atomic mass is 9.86. The molecule has 1 aromatic rings. The van der Waals surface area contributed by atoms with Crippen molar-refractivity contribution in [1.82, 2.24) is 10.3 Å². The Balaban J connectivity index is 1.74. The zero-order chi connectivity index (χ0) is 11.4. The number of hydrogen-bond acceptors (Lipinski definition) is 4. The second kappa shape index (κ2) is 6.03. The summed E-state index contributed by atoms with van der Waals surface area (Å²) >= 11 is 3.80. The first-order chi connectivity index (χ1) is 7.79. The van der Waals surface area contributed by atoms with E-state index >= 15 is 0 Å². The summed E-state index contributed by atoms with van der Waals surface area (Å²) < 4.78 is 0. The van der Waals surface area contributed by atoms with Crippen molar-refractivity contribution in [3.8, 4) is 0 Å². The molecule has 4 heteroatoms. The van der Waals surface area contributed by atoms with E-state index in [4.69, 9.17) is 0 Å². The average Bonchev–Trinajstić information content (AvgIpc) is 2.63. The summed E-state index contributed by atoms with van der Waals surface area (Å²) in [6.07, 6.45) is 8.31. The molecule has 1 atom stereocenters. The summed E-state index contributed by atoms with van der Waals surface area (Å²) in [4.78, 5) is 5.91. The van der Waals surface area contributed by atoms with E-state index in [2.05, 4.69) is 29.7 Å². The van der Waals surface area contributed by atoms with Crippen molar-refractivity contribution in [2.45, 2.75) is 43.9 Å². The minimum atomic E-state index is 0.694. The standard InChI is InChI=1S/C12H20N2S2/c1-9(15-2)6-13-7-11-8-14-12(16-11)10-4-3-5-10/h8-10,13H,3-7H2,1-2H3. The van der Waals surface area contributed by atoms with Crippen LogP contribution in [-0.2, 0) is 6.54 Å². The van der Waals surface area contributed by atoms with Gasteiger partial charge in [0.25, 0.3) is 0 Å². The molecule has 0 saturated heterocycles. The molecule has 1 saturated carbocycles. The molecule has 0 bridgehead atoms. The van der Waals surface area contributed by atoms with Gasteiger partial charge in [0.2, 0.25) is 0 Å². The van der Waals surface area contributed by atoms with Gasteiger partial charge in [0.1, 0.15) is 0 Å². The molecule has 0 radical (unpaired) electrons. The maximum absolute atomic E-state index is 4.53. The summed E-state index contributed by atoms with van der Waals surface area (Å²) in [6.45, 7) is 4.32. The Hall–Kier alpha value is -0.0600. The molecule has 0 spiro atoms. The number of hydrogen-bond donors (Lipinski definition) is 1. The highest BCUT2D eigenvalue weighted by Gasteiger charge is 2.22. The fraction of sp³-hybridized carbons (Fsp3) is 0.750. The van der Waals surface area contributed by atoms with Crippen LogP contribution in [0.4, 0.5) is 0 Å². The molecular formula is C12H20N2S2. The predicted octanol–water partition coefficient (Wildman–Crippen LogP) is 3.25. The number of nitrogens with one attached hydrogen (secondary N) is 1. The Morgan fingerprint density at radius 3 is 3.06 bits per heavy atom. The molecule has 1 aliphatic carbocycles. The first-order valence-electron chi connectivity index (χ1n) is 5.97. The summed E-state index contributed by atoms with van der Waals surface area (Å²) in [5.74, 6) is 0.781. The minimum Gasteiger partial charge on any atom is -0.311 e. The van der Waals surface area contributed by atoms with Crippen LogP contribution in [0.25, 0.3) is 0 Å². The zero-order valence-electron chi connectivity index (χ0n) is 10.0.